The summed E-state index contributed by atoms with van der Waals surface area (Å²) < 4.78 is 0. The van der Waals surface area contributed by atoms with E-state index in [0.29, 0.717) is 0 Å². The molecule has 0 fully saturated rings. The molecule has 0 aromatic heterocycles. The van der Waals surface area contributed by atoms with Crippen molar-refractivity contribution in [2.45, 2.75) is 19.6 Å². The van der Waals surface area contributed by atoms with Crippen LogP contribution in [0.1, 0.15) is 0 Å². The molecule has 0 heterocycles. The third kappa shape index (κ3) is 341. The molecule has 52 valence electrons. The predicted octanol–water partition coefficient (Wildman–Crippen LogP) is -1.45. The van der Waals surface area contributed by atoms with Gasteiger partial charge in [0, 0.05) is 0 Å². The fourth-order valence-electron chi connectivity index (χ4n) is 0. The van der Waals surface area contributed by atoms with Crippen LogP contribution < -0.4 is 29.6 Å². The van der Waals surface area contributed by atoms with Gasteiger partial charge < -0.3 is 4.90 Å². The summed E-state index contributed by atoms with van der Waals surface area (Å²) in [4.78, 5) is 2.00. The Labute approximate surface area is 83.7 Å². The van der Waals surface area contributed by atoms with Gasteiger partial charge in [0.2, 0.25) is 0 Å². The van der Waals surface area contributed by atoms with Crippen LogP contribution in [0.5, 0.6) is 0 Å². The van der Waals surface area contributed by atoms with Crippen LogP contribution in [0.2, 0.25) is 19.6 Å². The topological polar surface area (TPSA) is 3.24 Å². The van der Waals surface area contributed by atoms with Crippen LogP contribution in [0.25, 0.3) is 0 Å². The fraction of sp³-hybridized carbons (Fsp3) is 1.00. The van der Waals surface area contributed by atoms with E-state index in [1.807, 2.05) is 26.0 Å². The van der Waals surface area contributed by atoms with Crippen molar-refractivity contribution in [3.8, 4) is 0 Å². The summed E-state index contributed by atoms with van der Waals surface area (Å²) in [5, 5.41) is 0. The molecule has 3 heteroatoms. The largest absolute Gasteiger partial charge is 1.00 e. The second-order valence-corrected chi connectivity index (χ2v) is 5.84. The summed E-state index contributed by atoms with van der Waals surface area (Å²) in [7, 11) is 6.12. The normalized spacial score (nSPS) is 8.00. The Kier molecular flexibility index (Phi) is 22.0. The number of nitrogens with zero attached hydrogens (tertiary/aromatic N) is 1. The molecule has 0 amide bonds. The summed E-state index contributed by atoms with van der Waals surface area (Å²) in [5.41, 5.74) is 0. The van der Waals surface area contributed by atoms with Crippen LogP contribution in [0.4, 0.5) is 0 Å². The van der Waals surface area contributed by atoms with Gasteiger partial charge in [-0.05, 0) is 21.1 Å². The quantitative estimate of drug-likeness (QED) is 0.387. The van der Waals surface area contributed by atoms with Crippen molar-refractivity contribution in [3.05, 3.63) is 0 Å². The molecule has 0 aliphatic carbocycles. The molecule has 0 N–H and O–H groups in total. The first-order valence-corrected chi connectivity index (χ1v) is 5.84. The predicted molar refractivity (Wildman–Crippen MR) is 43.0 cm³/mol. The molecule has 0 aliphatic heterocycles. The molecule has 0 aromatic rings. The van der Waals surface area contributed by atoms with Gasteiger partial charge in [0.1, 0.15) is 0 Å². The van der Waals surface area contributed by atoms with Crippen molar-refractivity contribution in [3.63, 3.8) is 0 Å². The van der Waals surface area contributed by atoms with Gasteiger partial charge in [-0.2, -0.15) is 19.6 Å². The van der Waals surface area contributed by atoms with Crippen molar-refractivity contribution >= 4 is 8.80 Å². The molecule has 0 aliphatic rings. The van der Waals surface area contributed by atoms with E-state index in [1.54, 1.807) is 0 Å². The van der Waals surface area contributed by atoms with E-state index in [1.165, 1.54) is 0 Å². The zero-order valence-electron chi connectivity index (χ0n) is 7.95. The van der Waals surface area contributed by atoms with Crippen LogP contribution in [0, 0.1) is 0 Å². The summed E-state index contributed by atoms with van der Waals surface area (Å²) in [5.74, 6) is 0. The van der Waals surface area contributed by atoms with Crippen LogP contribution in [0.3, 0.4) is 0 Å². The zero-order chi connectivity index (χ0) is 7.15. The van der Waals surface area contributed by atoms with Gasteiger partial charge >= 0.3 is 29.6 Å². The smallest absolute Gasteiger partial charge is 0.312 e. The maximum absolute atomic E-state index is 2.27. The van der Waals surface area contributed by atoms with E-state index in [-0.39, 0.29) is 38.4 Å². The molecular formula is C6H18NNaSi. The average Bonchev–Trinajstić information content (AvgIpc) is 1.25. The van der Waals surface area contributed by atoms with Gasteiger partial charge in [0.25, 0.3) is 0 Å². The summed E-state index contributed by atoms with van der Waals surface area (Å²) in [6, 6.07) is 0. The molecule has 0 saturated carbocycles. The Morgan fingerprint density at radius 2 is 0.889 bits per heavy atom. The van der Waals surface area contributed by atoms with Gasteiger partial charge in [0.15, 0.2) is 0 Å². The third-order valence-corrected chi connectivity index (χ3v) is 0. The zero-order valence-corrected chi connectivity index (χ0v) is 10.9. The van der Waals surface area contributed by atoms with Crippen molar-refractivity contribution < 1.29 is 29.6 Å². The fourth-order valence-corrected chi connectivity index (χ4v) is 0. The second kappa shape index (κ2) is 11.9. The molecule has 0 radical (unpaired) electrons. The molecule has 1 nitrogen and oxygen atoms in total. The SMILES string of the molecule is CN(C)C.C[Si-](C)C.[Na+]. The van der Waals surface area contributed by atoms with E-state index >= 15 is 0 Å². The van der Waals surface area contributed by atoms with Crippen molar-refractivity contribution in [1.29, 1.82) is 0 Å². The van der Waals surface area contributed by atoms with E-state index in [0.717, 1.165) is 0 Å². The summed E-state index contributed by atoms with van der Waals surface area (Å²) in [6.45, 7) is 6.81. The van der Waals surface area contributed by atoms with Gasteiger partial charge in [0.05, 0.1) is 0 Å². The molecule has 0 spiro atoms. The van der Waals surface area contributed by atoms with Crippen LogP contribution >= 0.6 is 0 Å². The van der Waals surface area contributed by atoms with E-state index < -0.39 is 0 Å². The Hall–Kier alpha value is 1.18. The van der Waals surface area contributed by atoms with Gasteiger partial charge in [-0.3, -0.25) is 8.80 Å². The molecule has 0 aromatic carbocycles. The molecular weight excluding hydrogens is 137 g/mol. The van der Waals surface area contributed by atoms with Crippen LogP contribution in [-0.4, -0.2) is 34.8 Å². The van der Waals surface area contributed by atoms with Gasteiger partial charge in [-0.1, -0.05) is 0 Å². The molecule has 9 heavy (non-hydrogen) atoms. The summed E-state index contributed by atoms with van der Waals surface area (Å²) >= 11 is 0. The minimum absolute atomic E-state index is 0. The Morgan fingerprint density at radius 1 is 0.889 bits per heavy atom. The van der Waals surface area contributed by atoms with Gasteiger partial charge in [-0.25, -0.2) is 0 Å². The number of hydrogen-bond acceptors (Lipinski definition) is 1. The van der Waals surface area contributed by atoms with Crippen molar-refractivity contribution in [2.75, 3.05) is 21.1 Å². The van der Waals surface area contributed by atoms with Crippen LogP contribution in [-0.2, 0) is 0 Å². The molecule has 0 rings (SSSR count). The van der Waals surface area contributed by atoms with E-state index in [9.17, 15) is 0 Å². The maximum Gasteiger partial charge on any atom is 1.00 e. The number of hydrogen-bond donors (Lipinski definition) is 0. The Morgan fingerprint density at radius 3 is 0.889 bits per heavy atom. The minimum Gasteiger partial charge on any atom is -0.312 e. The number of rotatable bonds is 0. The minimum atomic E-state index is 0. The molecule has 0 atom stereocenters. The average molecular weight is 155 g/mol. The maximum atomic E-state index is 2.27. The third-order valence-electron chi connectivity index (χ3n) is 0. The first-order chi connectivity index (χ1) is 3.46. The standard InChI is InChI=1S/C3H9N.C3H9Si.Na/c2*1-4(2)3;/h2*1-3H3;/q;-1;+1. The van der Waals surface area contributed by atoms with E-state index in [4.69, 9.17) is 0 Å². The molecule has 0 unspecified atom stereocenters. The summed E-state index contributed by atoms with van der Waals surface area (Å²) in [6.07, 6.45) is 0. The molecule has 0 bridgehead atoms. The van der Waals surface area contributed by atoms with Gasteiger partial charge in [-0.15, -0.1) is 0 Å². The van der Waals surface area contributed by atoms with Crippen LogP contribution in [0.15, 0.2) is 0 Å². The van der Waals surface area contributed by atoms with E-state index in [2.05, 4.69) is 19.6 Å². The van der Waals surface area contributed by atoms with Crippen molar-refractivity contribution in [1.82, 2.24) is 4.90 Å². The molecule has 0 saturated heterocycles. The van der Waals surface area contributed by atoms with Crippen molar-refractivity contribution in [2.24, 2.45) is 0 Å². The monoisotopic (exact) mass is 155 g/mol. The second-order valence-electron chi connectivity index (χ2n) is 2.84. The first kappa shape index (κ1) is 16.6. The Bertz CT molecular complexity index is 28.5. The first-order valence-electron chi connectivity index (χ1n) is 2.84. The Balaban J connectivity index is -0.0000000720.